The Bertz CT molecular complexity index is 170. The zero-order valence-electron chi connectivity index (χ0n) is 10.0. The monoisotopic (exact) mass is 211 g/mol. The molecular formula is C12H25N3. The molecule has 3 nitrogen and oxygen atoms in total. The first-order valence-electron chi connectivity index (χ1n) is 6.56. The first-order chi connectivity index (χ1) is 7.38. The van der Waals surface area contributed by atoms with Gasteiger partial charge in [-0.15, -0.1) is 0 Å². The Morgan fingerprint density at radius 2 is 1.87 bits per heavy atom. The number of piperazine rings is 1. The summed E-state index contributed by atoms with van der Waals surface area (Å²) in [7, 11) is 0. The first kappa shape index (κ1) is 11.4. The highest BCUT2D eigenvalue weighted by atomic mass is 15.3. The van der Waals surface area contributed by atoms with E-state index < -0.39 is 0 Å². The lowest BCUT2D eigenvalue weighted by molar-refractivity contribution is 0.125. The van der Waals surface area contributed by atoms with Crippen LogP contribution < -0.4 is 5.32 Å². The van der Waals surface area contributed by atoms with E-state index in [0.717, 1.165) is 6.04 Å². The van der Waals surface area contributed by atoms with Crippen molar-refractivity contribution in [2.75, 3.05) is 45.8 Å². The van der Waals surface area contributed by atoms with Crippen molar-refractivity contribution in [3.8, 4) is 0 Å². The van der Waals surface area contributed by atoms with E-state index in [0.29, 0.717) is 0 Å². The summed E-state index contributed by atoms with van der Waals surface area (Å²) >= 11 is 0. The Kier molecular flexibility index (Phi) is 4.42. The molecule has 2 fully saturated rings. The van der Waals surface area contributed by atoms with Gasteiger partial charge in [0.2, 0.25) is 0 Å². The van der Waals surface area contributed by atoms with Crippen molar-refractivity contribution < 1.29 is 0 Å². The summed E-state index contributed by atoms with van der Waals surface area (Å²) in [6.45, 7) is 11.2. The van der Waals surface area contributed by atoms with Gasteiger partial charge in [0.1, 0.15) is 0 Å². The molecule has 0 amide bonds. The Morgan fingerprint density at radius 3 is 2.47 bits per heavy atom. The third kappa shape index (κ3) is 3.44. The van der Waals surface area contributed by atoms with Gasteiger partial charge in [-0.3, -0.25) is 4.90 Å². The van der Waals surface area contributed by atoms with Crippen molar-refractivity contribution >= 4 is 0 Å². The van der Waals surface area contributed by atoms with E-state index >= 15 is 0 Å². The minimum atomic E-state index is 0.780. The summed E-state index contributed by atoms with van der Waals surface area (Å²) in [6.07, 6.45) is 4.06. The van der Waals surface area contributed by atoms with Crippen LogP contribution in [-0.2, 0) is 0 Å². The normalized spacial score (nSPS) is 29.8. The van der Waals surface area contributed by atoms with E-state index in [9.17, 15) is 0 Å². The topological polar surface area (TPSA) is 18.5 Å². The molecule has 0 radical (unpaired) electrons. The first-order valence-corrected chi connectivity index (χ1v) is 6.56. The molecule has 1 atom stereocenters. The van der Waals surface area contributed by atoms with Crippen LogP contribution in [0.4, 0.5) is 0 Å². The van der Waals surface area contributed by atoms with Crippen molar-refractivity contribution in [2.45, 2.75) is 32.2 Å². The molecule has 2 saturated heterocycles. The number of nitrogens with zero attached hydrogens (tertiary/aromatic N) is 2. The maximum Gasteiger partial charge on any atom is 0.0195 e. The number of rotatable bonds is 4. The number of hydrogen-bond donors (Lipinski definition) is 1. The van der Waals surface area contributed by atoms with Gasteiger partial charge in [0, 0.05) is 38.8 Å². The molecule has 2 rings (SSSR count). The van der Waals surface area contributed by atoms with Gasteiger partial charge in [0.15, 0.2) is 0 Å². The Balaban J connectivity index is 1.64. The number of hydrogen-bond acceptors (Lipinski definition) is 3. The minimum absolute atomic E-state index is 0.780. The summed E-state index contributed by atoms with van der Waals surface area (Å²) in [5.41, 5.74) is 0. The van der Waals surface area contributed by atoms with Gasteiger partial charge in [-0.25, -0.2) is 0 Å². The van der Waals surface area contributed by atoms with Gasteiger partial charge in [0.25, 0.3) is 0 Å². The fourth-order valence-electron chi connectivity index (χ4n) is 2.74. The predicted octanol–water partition coefficient (Wildman–Crippen LogP) is 0.766. The van der Waals surface area contributed by atoms with E-state index in [4.69, 9.17) is 0 Å². The summed E-state index contributed by atoms with van der Waals surface area (Å²) in [5, 5.41) is 3.58. The van der Waals surface area contributed by atoms with Gasteiger partial charge < -0.3 is 10.2 Å². The second-order valence-electron chi connectivity index (χ2n) is 4.94. The smallest absolute Gasteiger partial charge is 0.0195 e. The van der Waals surface area contributed by atoms with Crippen molar-refractivity contribution in [3.63, 3.8) is 0 Å². The predicted molar refractivity (Wildman–Crippen MR) is 64.2 cm³/mol. The summed E-state index contributed by atoms with van der Waals surface area (Å²) in [5.74, 6) is 0. The van der Waals surface area contributed by atoms with Crippen molar-refractivity contribution in [3.05, 3.63) is 0 Å². The van der Waals surface area contributed by atoms with Crippen LogP contribution in [0.2, 0.25) is 0 Å². The molecule has 2 aliphatic rings. The fraction of sp³-hybridized carbons (Fsp3) is 1.00. The molecule has 1 N–H and O–H groups in total. The average Bonchev–Trinajstić information content (AvgIpc) is 2.74. The van der Waals surface area contributed by atoms with Crippen LogP contribution in [0.5, 0.6) is 0 Å². The largest absolute Gasteiger partial charge is 0.313 e. The zero-order valence-corrected chi connectivity index (χ0v) is 10.0. The molecular weight excluding hydrogens is 186 g/mol. The van der Waals surface area contributed by atoms with Crippen LogP contribution >= 0.6 is 0 Å². The third-order valence-electron chi connectivity index (χ3n) is 3.65. The summed E-state index contributed by atoms with van der Waals surface area (Å²) in [6, 6.07) is 0.780. The molecule has 2 aliphatic heterocycles. The molecule has 0 aromatic rings. The van der Waals surface area contributed by atoms with E-state index in [1.165, 1.54) is 65.1 Å². The maximum atomic E-state index is 3.58. The second kappa shape index (κ2) is 5.83. The summed E-state index contributed by atoms with van der Waals surface area (Å²) in [4.78, 5) is 5.23. The molecule has 0 aromatic heterocycles. The van der Waals surface area contributed by atoms with E-state index in [2.05, 4.69) is 22.0 Å². The molecule has 0 unspecified atom stereocenters. The van der Waals surface area contributed by atoms with Gasteiger partial charge in [-0.05, 0) is 32.4 Å². The maximum absolute atomic E-state index is 3.58. The minimum Gasteiger partial charge on any atom is -0.313 e. The third-order valence-corrected chi connectivity index (χ3v) is 3.65. The molecule has 2 heterocycles. The van der Waals surface area contributed by atoms with Crippen LogP contribution in [0.15, 0.2) is 0 Å². The standard InChI is InChI=1S/C12H25N3/c1-2-6-14-7-9-15(10-8-14)11-12-4-3-5-13-12/h12-13H,2-11H2,1H3/t12-/m0/s1. The van der Waals surface area contributed by atoms with Gasteiger partial charge in [0.05, 0.1) is 0 Å². The zero-order chi connectivity index (χ0) is 10.5. The van der Waals surface area contributed by atoms with E-state index in [1.54, 1.807) is 0 Å². The van der Waals surface area contributed by atoms with Gasteiger partial charge in [-0.2, -0.15) is 0 Å². The van der Waals surface area contributed by atoms with E-state index in [1.807, 2.05) is 0 Å². The Labute approximate surface area is 93.8 Å². The second-order valence-corrected chi connectivity index (χ2v) is 4.94. The highest BCUT2D eigenvalue weighted by molar-refractivity contribution is 4.80. The molecule has 0 aliphatic carbocycles. The molecule has 15 heavy (non-hydrogen) atoms. The van der Waals surface area contributed by atoms with Crippen LogP contribution in [0, 0.1) is 0 Å². The molecule has 0 aromatic carbocycles. The molecule has 88 valence electrons. The lowest BCUT2D eigenvalue weighted by Gasteiger charge is -2.35. The quantitative estimate of drug-likeness (QED) is 0.741. The van der Waals surface area contributed by atoms with Crippen LogP contribution in [0.3, 0.4) is 0 Å². The van der Waals surface area contributed by atoms with Crippen LogP contribution in [0.1, 0.15) is 26.2 Å². The van der Waals surface area contributed by atoms with Gasteiger partial charge in [-0.1, -0.05) is 6.92 Å². The van der Waals surface area contributed by atoms with Crippen LogP contribution in [0.25, 0.3) is 0 Å². The number of nitrogens with one attached hydrogen (secondary N) is 1. The van der Waals surface area contributed by atoms with Gasteiger partial charge >= 0.3 is 0 Å². The molecule has 0 spiro atoms. The van der Waals surface area contributed by atoms with Crippen molar-refractivity contribution in [1.29, 1.82) is 0 Å². The molecule has 0 bridgehead atoms. The Hall–Kier alpha value is -0.120. The molecule has 3 heteroatoms. The lowest BCUT2D eigenvalue weighted by Crippen LogP contribution is -2.49. The summed E-state index contributed by atoms with van der Waals surface area (Å²) < 4.78 is 0. The van der Waals surface area contributed by atoms with Crippen molar-refractivity contribution in [1.82, 2.24) is 15.1 Å². The fourth-order valence-corrected chi connectivity index (χ4v) is 2.74. The lowest BCUT2D eigenvalue weighted by atomic mass is 10.2. The average molecular weight is 211 g/mol. The van der Waals surface area contributed by atoms with Crippen LogP contribution in [-0.4, -0.2) is 61.7 Å². The van der Waals surface area contributed by atoms with E-state index in [-0.39, 0.29) is 0 Å². The SMILES string of the molecule is CCCN1CCN(C[C@@H]2CCCN2)CC1. The van der Waals surface area contributed by atoms with Crippen molar-refractivity contribution in [2.24, 2.45) is 0 Å². The Morgan fingerprint density at radius 1 is 1.13 bits per heavy atom. The molecule has 0 saturated carbocycles. The highest BCUT2D eigenvalue weighted by Crippen LogP contribution is 2.09. The highest BCUT2D eigenvalue weighted by Gasteiger charge is 2.21.